The quantitative estimate of drug-likeness (QED) is 0.315. The van der Waals surface area contributed by atoms with Crippen LogP contribution in [0.1, 0.15) is 6.42 Å². The number of nitrogens with one attached hydrogen (secondary N) is 2. The van der Waals surface area contributed by atoms with Crippen LogP contribution < -0.4 is 20.1 Å². The van der Waals surface area contributed by atoms with Crippen molar-refractivity contribution in [3.05, 3.63) is 18.2 Å². The van der Waals surface area contributed by atoms with E-state index in [4.69, 9.17) is 9.47 Å². The van der Waals surface area contributed by atoms with Crippen molar-refractivity contribution < 1.29 is 19.0 Å². The van der Waals surface area contributed by atoms with E-state index in [2.05, 4.69) is 20.4 Å². The molecular formula is C14H22IN3O4. The van der Waals surface area contributed by atoms with Crippen LogP contribution in [0.5, 0.6) is 11.5 Å². The van der Waals surface area contributed by atoms with E-state index in [0.717, 1.165) is 5.69 Å². The van der Waals surface area contributed by atoms with Crippen LogP contribution >= 0.6 is 24.0 Å². The Morgan fingerprint density at radius 2 is 1.86 bits per heavy atom. The highest BCUT2D eigenvalue weighted by atomic mass is 127. The summed E-state index contributed by atoms with van der Waals surface area (Å²) in [4.78, 5) is 15.1. The first kappa shape index (κ1) is 20.3. The van der Waals surface area contributed by atoms with Crippen molar-refractivity contribution >= 4 is 41.6 Å². The van der Waals surface area contributed by atoms with Gasteiger partial charge in [0.05, 0.1) is 27.8 Å². The first-order valence-electron chi connectivity index (χ1n) is 6.41. The molecule has 0 aromatic heterocycles. The van der Waals surface area contributed by atoms with Crippen molar-refractivity contribution in [3.8, 4) is 11.5 Å². The molecule has 7 nitrogen and oxygen atoms in total. The Morgan fingerprint density at radius 3 is 2.41 bits per heavy atom. The number of ether oxygens (including phenoxy) is 3. The van der Waals surface area contributed by atoms with E-state index < -0.39 is 0 Å². The average molecular weight is 423 g/mol. The van der Waals surface area contributed by atoms with Crippen LogP contribution in [0.25, 0.3) is 0 Å². The second-order valence-electron chi connectivity index (χ2n) is 4.02. The number of hydrogen-bond donors (Lipinski definition) is 2. The number of esters is 1. The van der Waals surface area contributed by atoms with Gasteiger partial charge in [-0.1, -0.05) is 0 Å². The van der Waals surface area contributed by atoms with Gasteiger partial charge in [0.1, 0.15) is 0 Å². The van der Waals surface area contributed by atoms with Crippen LogP contribution in [0.4, 0.5) is 5.69 Å². The van der Waals surface area contributed by atoms with Crippen LogP contribution in [0, 0.1) is 0 Å². The number of anilines is 1. The van der Waals surface area contributed by atoms with E-state index in [1.165, 1.54) is 7.11 Å². The molecule has 0 aliphatic heterocycles. The lowest BCUT2D eigenvalue weighted by molar-refractivity contribution is -0.140. The Hall–Kier alpha value is -1.71. The molecule has 22 heavy (non-hydrogen) atoms. The van der Waals surface area contributed by atoms with Crippen LogP contribution in [0.3, 0.4) is 0 Å². The summed E-state index contributed by atoms with van der Waals surface area (Å²) in [6.07, 6.45) is 0.267. The second-order valence-corrected chi connectivity index (χ2v) is 4.02. The van der Waals surface area contributed by atoms with Crippen molar-refractivity contribution in [1.29, 1.82) is 0 Å². The Kier molecular flexibility index (Phi) is 10.1. The Labute approximate surface area is 147 Å². The van der Waals surface area contributed by atoms with Crippen molar-refractivity contribution in [3.63, 3.8) is 0 Å². The van der Waals surface area contributed by atoms with Crippen molar-refractivity contribution in [1.82, 2.24) is 5.32 Å². The third-order valence-electron chi connectivity index (χ3n) is 2.72. The van der Waals surface area contributed by atoms with E-state index >= 15 is 0 Å². The summed E-state index contributed by atoms with van der Waals surface area (Å²) in [6, 6.07) is 5.43. The maximum atomic E-state index is 11.0. The van der Waals surface area contributed by atoms with Crippen molar-refractivity contribution in [2.24, 2.45) is 4.99 Å². The van der Waals surface area contributed by atoms with Gasteiger partial charge in [-0.25, -0.2) is 0 Å². The SMILES string of the molecule is CN=C(NCCC(=O)OC)Nc1ccc(OC)c(OC)c1.I. The number of aliphatic imine (C=N–C) groups is 1. The molecular weight excluding hydrogens is 401 g/mol. The van der Waals surface area contributed by atoms with Gasteiger partial charge in [0.25, 0.3) is 0 Å². The van der Waals surface area contributed by atoms with Gasteiger partial charge >= 0.3 is 5.97 Å². The Bertz CT molecular complexity index is 509. The monoisotopic (exact) mass is 423 g/mol. The molecule has 0 aliphatic rings. The van der Waals surface area contributed by atoms with E-state index in [9.17, 15) is 4.79 Å². The maximum Gasteiger partial charge on any atom is 0.307 e. The highest BCUT2D eigenvalue weighted by Crippen LogP contribution is 2.29. The normalized spacial score (nSPS) is 10.3. The van der Waals surface area contributed by atoms with Crippen LogP contribution in [0.15, 0.2) is 23.2 Å². The summed E-state index contributed by atoms with van der Waals surface area (Å²) < 4.78 is 15.0. The molecule has 1 rings (SSSR count). The fraction of sp³-hybridized carbons (Fsp3) is 0.429. The predicted molar refractivity (Wildman–Crippen MR) is 96.6 cm³/mol. The third kappa shape index (κ3) is 6.37. The highest BCUT2D eigenvalue weighted by molar-refractivity contribution is 14.0. The van der Waals surface area contributed by atoms with Gasteiger partial charge in [-0.3, -0.25) is 9.79 Å². The summed E-state index contributed by atoms with van der Waals surface area (Å²) in [7, 11) is 6.16. The number of benzene rings is 1. The number of hydrogen-bond acceptors (Lipinski definition) is 5. The van der Waals surface area contributed by atoms with Crippen molar-refractivity contribution in [2.45, 2.75) is 6.42 Å². The molecule has 1 aromatic rings. The molecule has 2 N–H and O–H groups in total. The molecule has 0 radical (unpaired) electrons. The van der Waals surface area contributed by atoms with E-state index in [1.54, 1.807) is 33.4 Å². The van der Waals surface area contributed by atoms with Crippen LogP contribution in [-0.2, 0) is 9.53 Å². The van der Waals surface area contributed by atoms with Gasteiger partial charge in [0, 0.05) is 25.3 Å². The van der Waals surface area contributed by atoms with Gasteiger partial charge in [-0.15, -0.1) is 24.0 Å². The minimum Gasteiger partial charge on any atom is -0.493 e. The minimum atomic E-state index is -0.274. The molecule has 0 heterocycles. The molecule has 1 aromatic carbocycles. The number of nitrogens with zero attached hydrogens (tertiary/aromatic N) is 1. The van der Waals surface area contributed by atoms with Crippen molar-refractivity contribution in [2.75, 3.05) is 40.2 Å². The van der Waals surface area contributed by atoms with Gasteiger partial charge in [-0.2, -0.15) is 0 Å². The molecule has 0 unspecified atom stereocenters. The first-order chi connectivity index (χ1) is 10.1. The minimum absolute atomic E-state index is 0. The summed E-state index contributed by atoms with van der Waals surface area (Å²) in [5.74, 6) is 1.54. The summed E-state index contributed by atoms with van der Waals surface area (Å²) >= 11 is 0. The smallest absolute Gasteiger partial charge is 0.307 e. The van der Waals surface area contributed by atoms with E-state index in [0.29, 0.717) is 24.0 Å². The number of carbonyl (C=O) groups excluding carboxylic acids is 1. The molecule has 0 saturated heterocycles. The van der Waals surface area contributed by atoms with Gasteiger partial charge in [-0.05, 0) is 12.1 Å². The Balaban J connectivity index is 0.00000441. The first-order valence-corrected chi connectivity index (χ1v) is 6.41. The molecule has 8 heteroatoms. The second kappa shape index (κ2) is 10.9. The molecule has 124 valence electrons. The molecule has 0 fully saturated rings. The number of rotatable bonds is 6. The molecule has 0 saturated carbocycles. The lowest BCUT2D eigenvalue weighted by Gasteiger charge is -2.13. The number of carbonyl (C=O) groups is 1. The predicted octanol–water partition coefficient (Wildman–Crippen LogP) is 1.87. The number of methoxy groups -OCH3 is 3. The molecule has 0 bridgehead atoms. The van der Waals surface area contributed by atoms with Crippen LogP contribution in [0.2, 0.25) is 0 Å². The molecule has 0 aliphatic carbocycles. The van der Waals surface area contributed by atoms with E-state index in [-0.39, 0.29) is 36.4 Å². The highest BCUT2D eigenvalue weighted by Gasteiger charge is 2.06. The van der Waals surface area contributed by atoms with Crippen LogP contribution in [-0.4, -0.2) is 46.9 Å². The van der Waals surface area contributed by atoms with Gasteiger partial charge in [0.15, 0.2) is 17.5 Å². The summed E-state index contributed by atoms with van der Waals surface area (Å²) in [5, 5.41) is 6.11. The number of halogens is 1. The number of guanidine groups is 1. The summed E-state index contributed by atoms with van der Waals surface area (Å²) in [5.41, 5.74) is 0.791. The third-order valence-corrected chi connectivity index (χ3v) is 2.72. The standard InChI is InChI=1S/C14H21N3O4.HI/c1-15-14(16-8-7-13(18)21-4)17-10-5-6-11(19-2)12(9-10)20-3;/h5-6,9H,7-8H2,1-4H3,(H2,15,16,17);1H. The largest absolute Gasteiger partial charge is 0.493 e. The average Bonchev–Trinajstić information content (AvgIpc) is 2.53. The summed E-state index contributed by atoms with van der Waals surface area (Å²) in [6.45, 7) is 0.430. The zero-order valence-corrected chi connectivity index (χ0v) is 15.5. The Morgan fingerprint density at radius 1 is 1.18 bits per heavy atom. The molecule has 0 spiro atoms. The maximum absolute atomic E-state index is 11.0. The van der Waals surface area contributed by atoms with Gasteiger partial charge < -0.3 is 24.8 Å². The lowest BCUT2D eigenvalue weighted by Crippen LogP contribution is -2.32. The fourth-order valence-corrected chi connectivity index (χ4v) is 1.61. The molecule has 0 atom stereocenters. The topological polar surface area (TPSA) is 81.2 Å². The molecule has 0 amide bonds. The zero-order valence-electron chi connectivity index (χ0n) is 13.1. The lowest BCUT2D eigenvalue weighted by atomic mass is 10.3. The fourth-order valence-electron chi connectivity index (χ4n) is 1.61. The van der Waals surface area contributed by atoms with Gasteiger partial charge in [0.2, 0.25) is 0 Å². The zero-order chi connectivity index (χ0) is 15.7. The van der Waals surface area contributed by atoms with E-state index in [1.807, 2.05) is 6.07 Å².